The molecule has 1 aromatic rings. The number of hydrogen-bond donors (Lipinski definition) is 0. The van der Waals surface area contributed by atoms with Gasteiger partial charge in [-0.1, -0.05) is 0 Å². The van der Waals surface area contributed by atoms with E-state index in [4.69, 9.17) is 11.6 Å². The van der Waals surface area contributed by atoms with Gasteiger partial charge in [0.2, 0.25) is 5.28 Å². The molecule has 0 unspecified atom stereocenters. The van der Waals surface area contributed by atoms with Crippen LogP contribution in [0.2, 0.25) is 5.28 Å². The van der Waals surface area contributed by atoms with Crippen LogP contribution in [0.1, 0.15) is 12.5 Å². The number of aromatic nitrogens is 2. The molecule has 4 nitrogen and oxygen atoms in total. The Morgan fingerprint density at radius 2 is 2.06 bits per heavy atom. The second-order valence-electron chi connectivity index (χ2n) is 5.19. The van der Waals surface area contributed by atoms with E-state index in [2.05, 4.69) is 33.7 Å². The molecule has 0 N–H and O–H groups in total. The molecule has 0 amide bonds. The van der Waals surface area contributed by atoms with Crippen molar-refractivity contribution in [2.45, 2.75) is 25.6 Å². The molecule has 3 heterocycles. The summed E-state index contributed by atoms with van der Waals surface area (Å²) in [4.78, 5) is 13.0. The van der Waals surface area contributed by atoms with Gasteiger partial charge in [0.25, 0.3) is 0 Å². The van der Waals surface area contributed by atoms with Gasteiger partial charge in [-0.25, -0.2) is 9.97 Å². The van der Waals surface area contributed by atoms with Crippen molar-refractivity contribution in [3.8, 4) is 0 Å². The first-order valence-corrected chi connectivity index (χ1v) is 6.43. The second kappa shape index (κ2) is 4.19. The Labute approximate surface area is 107 Å². The zero-order valence-corrected chi connectivity index (χ0v) is 10.9. The Hall–Kier alpha value is -0.710. The Morgan fingerprint density at radius 3 is 2.71 bits per heavy atom. The van der Waals surface area contributed by atoms with E-state index in [1.54, 1.807) is 0 Å². The van der Waals surface area contributed by atoms with Crippen LogP contribution in [-0.2, 0) is 6.54 Å². The topological polar surface area (TPSA) is 32.3 Å². The minimum Gasteiger partial charge on any atom is -0.299 e. The minimum absolute atomic E-state index is 0.323. The molecule has 0 bridgehead atoms. The highest BCUT2D eigenvalue weighted by Gasteiger charge is 2.48. The normalized spacial score (nSPS) is 33.5. The predicted octanol–water partition coefficient (Wildman–Crippen LogP) is 1.26. The number of halogens is 1. The summed E-state index contributed by atoms with van der Waals surface area (Å²) in [5, 5.41) is 0.323. The van der Waals surface area contributed by atoms with Gasteiger partial charge in [-0.3, -0.25) is 9.80 Å². The third-order valence-corrected chi connectivity index (χ3v) is 4.47. The molecule has 0 aromatic carbocycles. The first-order chi connectivity index (χ1) is 8.15. The summed E-state index contributed by atoms with van der Waals surface area (Å²) < 4.78 is 0. The maximum atomic E-state index is 5.68. The summed E-state index contributed by atoms with van der Waals surface area (Å²) in [6, 6.07) is 1.48. The van der Waals surface area contributed by atoms with Gasteiger partial charge in [0.15, 0.2) is 0 Å². The average Bonchev–Trinajstić information content (AvgIpc) is 2.72. The summed E-state index contributed by atoms with van der Waals surface area (Å²) in [6.45, 7) is 5.60. The fourth-order valence-electron chi connectivity index (χ4n) is 3.11. The van der Waals surface area contributed by atoms with Crippen molar-refractivity contribution < 1.29 is 0 Å². The zero-order valence-electron chi connectivity index (χ0n) is 10.2. The standard InChI is InChI=1S/C12H17ClN4/c1-8-10-6-17(7-11(10)16(8)2)5-9-3-14-12(13)15-4-9/h3-4,8,10-11H,5-7H2,1-2H3/t8-,10-,11-/m0/s1. The molecule has 0 aliphatic carbocycles. The number of likely N-dealkylation sites (tertiary alicyclic amines) is 2. The maximum Gasteiger partial charge on any atom is 0.222 e. The van der Waals surface area contributed by atoms with E-state index in [9.17, 15) is 0 Å². The molecule has 0 saturated carbocycles. The van der Waals surface area contributed by atoms with Gasteiger partial charge in [-0.15, -0.1) is 0 Å². The molecule has 92 valence electrons. The smallest absolute Gasteiger partial charge is 0.222 e. The largest absolute Gasteiger partial charge is 0.299 e. The molecule has 2 aliphatic rings. The second-order valence-corrected chi connectivity index (χ2v) is 5.53. The number of rotatable bonds is 2. The lowest BCUT2D eigenvalue weighted by atomic mass is 9.84. The van der Waals surface area contributed by atoms with Crippen LogP contribution in [0.25, 0.3) is 0 Å². The van der Waals surface area contributed by atoms with Crippen molar-refractivity contribution in [1.29, 1.82) is 0 Å². The molecule has 3 atom stereocenters. The number of fused-ring (bicyclic) bond motifs is 1. The Kier molecular flexibility index (Phi) is 2.81. The van der Waals surface area contributed by atoms with Crippen molar-refractivity contribution in [2.24, 2.45) is 5.92 Å². The summed E-state index contributed by atoms with van der Waals surface area (Å²) in [5.74, 6) is 0.841. The van der Waals surface area contributed by atoms with Crippen molar-refractivity contribution in [3.05, 3.63) is 23.2 Å². The molecule has 0 radical (unpaired) electrons. The van der Waals surface area contributed by atoms with Crippen molar-refractivity contribution in [2.75, 3.05) is 20.1 Å². The average molecular weight is 253 g/mol. The summed E-state index contributed by atoms with van der Waals surface area (Å²) >= 11 is 5.68. The van der Waals surface area contributed by atoms with Gasteiger partial charge in [-0.2, -0.15) is 0 Å². The Bertz CT molecular complexity index is 391. The molecule has 5 heteroatoms. The highest BCUT2D eigenvalue weighted by molar-refractivity contribution is 6.28. The van der Waals surface area contributed by atoms with E-state index in [1.807, 2.05) is 12.4 Å². The van der Waals surface area contributed by atoms with Crippen LogP contribution in [0.4, 0.5) is 0 Å². The molecule has 1 aromatic heterocycles. The van der Waals surface area contributed by atoms with Gasteiger partial charge < -0.3 is 0 Å². The van der Waals surface area contributed by atoms with Crippen molar-refractivity contribution >= 4 is 11.6 Å². The van der Waals surface area contributed by atoms with E-state index >= 15 is 0 Å². The molecule has 2 aliphatic heterocycles. The summed E-state index contributed by atoms with van der Waals surface area (Å²) in [7, 11) is 2.22. The first-order valence-electron chi connectivity index (χ1n) is 6.06. The molecular weight excluding hydrogens is 236 g/mol. The predicted molar refractivity (Wildman–Crippen MR) is 66.8 cm³/mol. The Morgan fingerprint density at radius 1 is 1.35 bits per heavy atom. The number of likely N-dealkylation sites (N-methyl/N-ethyl adjacent to an activating group) is 1. The van der Waals surface area contributed by atoms with Gasteiger partial charge in [-0.05, 0) is 25.6 Å². The van der Waals surface area contributed by atoms with Crippen LogP contribution >= 0.6 is 11.6 Å². The number of hydrogen-bond acceptors (Lipinski definition) is 4. The number of nitrogens with zero attached hydrogens (tertiary/aromatic N) is 4. The lowest BCUT2D eigenvalue weighted by Gasteiger charge is -2.48. The van der Waals surface area contributed by atoms with Gasteiger partial charge in [0, 0.05) is 55.6 Å². The Balaban J connectivity index is 1.63. The van der Waals surface area contributed by atoms with Crippen LogP contribution in [0.15, 0.2) is 12.4 Å². The third-order valence-electron chi connectivity index (χ3n) is 4.27. The van der Waals surface area contributed by atoms with Crippen LogP contribution in [0.3, 0.4) is 0 Å². The van der Waals surface area contributed by atoms with Crippen molar-refractivity contribution in [3.63, 3.8) is 0 Å². The molecule has 0 spiro atoms. The highest BCUT2D eigenvalue weighted by Crippen LogP contribution is 2.37. The molecule has 17 heavy (non-hydrogen) atoms. The van der Waals surface area contributed by atoms with Crippen LogP contribution < -0.4 is 0 Å². The fraction of sp³-hybridized carbons (Fsp3) is 0.667. The zero-order chi connectivity index (χ0) is 12.0. The highest BCUT2D eigenvalue weighted by atomic mass is 35.5. The fourth-order valence-corrected chi connectivity index (χ4v) is 3.21. The monoisotopic (exact) mass is 252 g/mol. The minimum atomic E-state index is 0.323. The lowest BCUT2D eigenvalue weighted by molar-refractivity contribution is 0.0116. The molecule has 3 rings (SSSR count). The summed E-state index contributed by atoms with van der Waals surface area (Å²) in [5.41, 5.74) is 1.14. The van der Waals surface area contributed by atoms with Gasteiger partial charge in [0.1, 0.15) is 0 Å². The maximum absolute atomic E-state index is 5.68. The van der Waals surface area contributed by atoms with E-state index in [0.29, 0.717) is 5.28 Å². The lowest BCUT2D eigenvalue weighted by Crippen LogP contribution is -2.59. The van der Waals surface area contributed by atoms with E-state index in [1.165, 1.54) is 6.54 Å². The third kappa shape index (κ3) is 1.94. The van der Waals surface area contributed by atoms with Crippen LogP contribution in [0, 0.1) is 5.92 Å². The van der Waals surface area contributed by atoms with Gasteiger partial charge >= 0.3 is 0 Å². The van der Waals surface area contributed by atoms with E-state index in [-0.39, 0.29) is 0 Å². The quantitative estimate of drug-likeness (QED) is 0.742. The van der Waals surface area contributed by atoms with Crippen molar-refractivity contribution in [1.82, 2.24) is 19.8 Å². The van der Waals surface area contributed by atoms with E-state index in [0.717, 1.165) is 36.7 Å². The first kappa shape index (κ1) is 11.4. The molecule has 2 saturated heterocycles. The SMILES string of the molecule is C[C@H]1[C@@H]2CN(Cc3cnc(Cl)nc3)C[C@@H]2N1C. The van der Waals surface area contributed by atoms with E-state index < -0.39 is 0 Å². The van der Waals surface area contributed by atoms with Crippen LogP contribution in [0.5, 0.6) is 0 Å². The summed E-state index contributed by atoms with van der Waals surface area (Å²) in [6.07, 6.45) is 3.64. The molecular formula is C12H17ClN4. The molecule has 2 fully saturated rings. The van der Waals surface area contributed by atoms with Crippen LogP contribution in [-0.4, -0.2) is 52.0 Å². The van der Waals surface area contributed by atoms with Gasteiger partial charge in [0.05, 0.1) is 0 Å².